The van der Waals surface area contributed by atoms with Crippen LogP contribution in [-0.2, 0) is 27.2 Å². The smallest absolute Gasteiger partial charge is 0.407 e. The van der Waals surface area contributed by atoms with E-state index < -0.39 is 24.3 Å². The number of carbonyl (C=O) groups excluding carboxylic acids is 3. The maximum atomic E-state index is 14.0. The Morgan fingerprint density at radius 1 is 0.694 bits per heavy atom. The Kier molecular flexibility index (Phi) is 12.4. The summed E-state index contributed by atoms with van der Waals surface area (Å²) in [4.78, 5) is 73.1. The van der Waals surface area contributed by atoms with Crippen LogP contribution in [0.5, 0.6) is 0 Å². The first kappa shape index (κ1) is 41.5. The Labute approximate surface area is 360 Å². The number of benzene rings is 4. The Bertz CT molecular complexity index is 2490. The highest BCUT2D eigenvalue weighted by molar-refractivity contribution is 5.87. The zero-order chi connectivity index (χ0) is 43.2. The predicted molar refractivity (Wildman–Crippen MR) is 234 cm³/mol. The Morgan fingerprint density at radius 3 is 1.61 bits per heavy atom. The molecule has 8 rings (SSSR count). The number of imidazole rings is 2. The number of likely N-dealkylation sites (N-methyl/N-ethyl adjacent to an activating group) is 1. The lowest BCUT2D eigenvalue weighted by Gasteiger charge is -2.32. The van der Waals surface area contributed by atoms with Crippen LogP contribution in [-0.4, -0.2) is 103 Å². The van der Waals surface area contributed by atoms with Crippen LogP contribution in [0.4, 0.5) is 9.59 Å². The molecule has 318 valence electrons. The quantitative estimate of drug-likeness (QED) is 0.0917. The predicted octanol–water partition coefficient (Wildman–Crippen LogP) is 7.65. The molecule has 14 nitrogen and oxygen atoms in total. The van der Waals surface area contributed by atoms with Crippen molar-refractivity contribution in [2.24, 2.45) is 0 Å². The first-order valence-corrected chi connectivity index (χ1v) is 21.0. The Morgan fingerprint density at radius 2 is 1.15 bits per heavy atom. The molecule has 1 unspecified atom stereocenters. The van der Waals surface area contributed by atoms with E-state index in [1.165, 1.54) is 14.2 Å². The second-order valence-electron chi connectivity index (χ2n) is 15.9. The SMILES string of the molecule is COC(=O)N[C@@H](Cc1ccccc1)C(=O)N1CCCC1c1ncc(-c2ccc(-c3ccc(-c4cnc([C@@H]5CCCN5C(=O)[C@@H](Cc5ccccc5)N(C)C(=O)O)[nH]4)cc3)cc2)[nH]1. The first-order chi connectivity index (χ1) is 30.2. The summed E-state index contributed by atoms with van der Waals surface area (Å²) in [5.41, 5.74) is 7.48. The zero-order valence-electron chi connectivity index (χ0n) is 34.7. The first-order valence-electron chi connectivity index (χ1n) is 21.0. The van der Waals surface area contributed by atoms with Gasteiger partial charge in [0.15, 0.2) is 0 Å². The number of likely N-dealkylation sites (tertiary alicyclic amines) is 2. The molecule has 0 spiro atoms. The van der Waals surface area contributed by atoms with E-state index in [0.717, 1.165) is 75.4 Å². The Hall–Kier alpha value is -7.22. The van der Waals surface area contributed by atoms with Gasteiger partial charge in [0.25, 0.3) is 0 Å². The molecule has 4 aromatic carbocycles. The van der Waals surface area contributed by atoms with Gasteiger partial charge in [-0.15, -0.1) is 0 Å². The van der Waals surface area contributed by atoms with Crippen LogP contribution >= 0.6 is 0 Å². The van der Waals surface area contributed by atoms with Crippen molar-refractivity contribution in [1.82, 2.24) is 40.0 Å². The zero-order valence-corrected chi connectivity index (χ0v) is 34.7. The molecule has 62 heavy (non-hydrogen) atoms. The van der Waals surface area contributed by atoms with Gasteiger partial charge in [0.1, 0.15) is 23.7 Å². The third kappa shape index (κ3) is 9.09. The van der Waals surface area contributed by atoms with E-state index in [4.69, 9.17) is 14.7 Å². The summed E-state index contributed by atoms with van der Waals surface area (Å²) in [6, 6.07) is 33.3. The number of aromatic amines is 2. The molecule has 2 fully saturated rings. The number of hydrogen-bond acceptors (Lipinski definition) is 7. The summed E-state index contributed by atoms with van der Waals surface area (Å²) in [6.07, 6.45) is 5.51. The van der Waals surface area contributed by atoms with Crippen molar-refractivity contribution in [2.45, 2.75) is 62.7 Å². The molecular weight excluding hydrogens is 785 g/mol. The third-order valence-electron chi connectivity index (χ3n) is 12.0. The molecule has 2 saturated heterocycles. The van der Waals surface area contributed by atoms with Gasteiger partial charge in [0, 0.05) is 33.0 Å². The minimum atomic E-state index is -1.15. The Balaban J connectivity index is 0.918. The van der Waals surface area contributed by atoms with Gasteiger partial charge in [-0.1, -0.05) is 109 Å². The third-order valence-corrected chi connectivity index (χ3v) is 12.0. The van der Waals surface area contributed by atoms with E-state index >= 15 is 0 Å². The van der Waals surface area contributed by atoms with Crippen LogP contribution in [0.15, 0.2) is 122 Å². The highest BCUT2D eigenvalue weighted by Gasteiger charge is 2.39. The topological polar surface area (TPSA) is 177 Å². The number of hydrogen-bond donors (Lipinski definition) is 4. The van der Waals surface area contributed by atoms with Gasteiger partial charge >= 0.3 is 12.2 Å². The second-order valence-corrected chi connectivity index (χ2v) is 15.9. The summed E-state index contributed by atoms with van der Waals surface area (Å²) < 4.78 is 4.84. The molecule has 4 heterocycles. The molecule has 2 aliphatic rings. The van der Waals surface area contributed by atoms with Crippen LogP contribution in [0, 0.1) is 0 Å². The summed E-state index contributed by atoms with van der Waals surface area (Å²) in [5.74, 6) is 0.980. The maximum absolute atomic E-state index is 14.0. The van der Waals surface area contributed by atoms with Gasteiger partial charge in [-0.25, -0.2) is 19.6 Å². The molecule has 0 aliphatic carbocycles. The fourth-order valence-corrected chi connectivity index (χ4v) is 8.62. The van der Waals surface area contributed by atoms with Crippen molar-refractivity contribution in [1.29, 1.82) is 0 Å². The molecule has 2 aliphatic heterocycles. The number of ether oxygens (including phenoxy) is 1. The highest BCUT2D eigenvalue weighted by Crippen LogP contribution is 2.35. The van der Waals surface area contributed by atoms with Crippen molar-refractivity contribution in [2.75, 3.05) is 27.2 Å². The van der Waals surface area contributed by atoms with E-state index in [2.05, 4.69) is 39.6 Å². The fourth-order valence-electron chi connectivity index (χ4n) is 8.62. The number of carbonyl (C=O) groups is 4. The molecule has 4 atom stereocenters. The number of methoxy groups -OCH3 is 1. The van der Waals surface area contributed by atoms with Gasteiger partial charge in [-0.2, -0.15) is 0 Å². The molecule has 0 bridgehead atoms. The molecule has 6 aromatic rings. The lowest BCUT2D eigenvalue weighted by molar-refractivity contribution is -0.137. The van der Waals surface area contributed by atoms with E-state index in [1.54, 1.807) is 22.2 Å². The van der Waals surface area contributed by atoms with E-state index in [0.29, 0.717) is 31.2 Å². The molecule has 0 saturated carbocycles. The van der Waals surface area contributed by atoms with Gasteiger partial charge in [0.05, 0.1) is 43.0 Å². The number of aromatic nitrogens is 4. The molecule has 2 aromatic heterocycles. The average molecular weight is 835 g/mol. The normalized spacial score (nSPS) is 17.1. The summed E-state index contributed by atoms with van der Waals surface area (Å²) in [5, 5.41) is 12.6. The highest BCUT2D eigenvalue weighted by atomic mass is 16.5. The monoisotopic (exact) mass is 834 g/mol. The number of alkyl carbamates (subject to hydrolysis) is 1. The molecular formula is C48H50N8O6. The van der Waals surface area contributed by atoms with Crippen LogP contribution < -0.4 is 5.32 Å². The van der Waals surface area contributed by atoms with Crippen LogP contribution in [0.2, 0.25) is 0 Å². The van der Waals surface area contributed by atoms with Crippen molar-refractivity contribution >= 4 is 24.0 Å². The average Bonchev–Trinajstić information content (AvgIpc) is 4.16. The lowest BCUT2D eigenvalue weighted by Crippen LogP contribution is -2.50. The molecule has 4 amide bonds. The van der Waals surface area contributed by atoms with Crippen molar-refractivity contribution < 1.29 is 29.0 Å². The number of H-pyrrole nitrogens is 2. The van der Waals surface area contributed by atoms with E-state index in [-0.39, 0.29) is 30.3 Å². The number of nitrogens with zero attached hydrogens (tertiary/aromatic N) is 5. The minimum Gasteiger partial charge on any atom is -0.465 e. The van der Waals surface area contributed by atoms with E-state index in [9.17, 15) is 24.3 Å². The number of carboxylic acid groups (broad SMARTS) is 1. The van der Waals surface area contributed by atoms with Crippen LogP contribution in [0.3, 0.4) is 0 Å². The second kappa shape index (κ2) is 18.6. The molecule has 14 heteroatoms. The number of amides is 4. The van der Waals surface area contributed by atoms with Gasteiger partial charge in [-0.3, -0.25) is 14.5 Å². The van der Waals surface area contributed by atoms with E-state index in [1.807, 2.05) is 84.9 Å². The lowest BCUT2D eigenvalue weighted by atomic mass is 10.0. The van der Waals surface area contributed by atoms with Crippen molar-refractivity contribution in [3.8, 4) is 33.6 Å². The van der Waals surface area contributed by atoms with Crippen LogP contribution in [0.25, 0.3) is 33.6 Å². The van der Waals surface area contributed by atoms with Crippen molar-refractivity contribution in [3.05, 3.63) is 144 Å². The van der Waals surface area contributed by atoms with Crippen LogP contribution in [0.1, 0.15) is 60.5 Å². The summed E-state index contributed by atoms with van der Waals surface area (Å²) in [6.45, 7) is 1.09. The standard InChI is InChI=1S/C48H50N8O6/c1-54(48(60)61)42(28-32-13-7-4-8-14-32)46(58)56-26-10-16-41(56)44-50-30-39(52-44)36-23-19-34(20-24-36)33-17-21-35(22-18-33)38-29-49-43(51-38)40-15-9-25-55(40)45(57)37(53-47(59)62-2)27-31-11-5-3-6-12-31/h3-8,11-14,17-24,29-30,37,40-42H,9-10,15-16,25-28H2,1-2H3,(H,49,51)(H,50,52)(H,53,59)(H,60,61)/t37-,40?,41-,42+/m0/s1. The fraction of sp³-hybridized carbons (Fsp3) is 0.292. The largest absolute Gasteiger partial charge is 0.465 e. The van der Waals surface area contributed by atoms with Crippen molar-refractivity contribution in [3.63, 3.8) is 0 Å². The van der Waals surface area contributed by atoms with Gasteiger partial charge < -0.3 is 34.9 Å². The number of rotatable bonds is 13. The molecule has 4 N–H and O–H groups in total. The number of nitrogens with one attached hydrogen (secondary N) is 3. The summed E-state index contributed by atoms with van der Waals surface area (Å²) >= 11 is 0. The molecule has 0 radical (unpaired) electrons. The maximum Gasteiger partial charge on any atom is 0.407 e. The minimum absolute atomic E-state index is 0.175. The van der Waals surface area contributed by atoms with Gasteiger partial charge in [0.2, 0.25) is 11.8 Å². The summed E-state index contributed by atoms with van der Waals surface area (Å²) in [7, 11) is 2.74. The van der Waals surface area contributed by atoms with Gasteiger partial charge in [-0.05, 0) is 59.1 Å².